The molecule has 0 fully saturated rings. The van der Waals surface area contributed by atoms with Gasteiger partial charge in [0.15, 0.2) is 0 Å². The van der Waals surface area contributed by atoms with E-state index < -0.39 is 12.0 Å². The van der Waals surface area contributed by atoms with Gasteiger partial charge in [0.05, 0.1) is 6.61 Å². The summed E-state index contributed by atoms with van der Waals surface area (Å²) >= 11 is 0. The average molecular weight is 307 g/mol. The van der Waals surface area contributed by atoms with Gasteiger partial charge in [-0.25, -0.2) is 15.8 Å². The van der Waals surface area contributed by atoms with Gasteiger partial charge in [0.2, 0.25) is 5.82 Å². The quantitative estimate of drug-likeness (QED) is 0.526. The standard InChI is InChI=1S/C12H20F3N5O/c1-3-8(4-2)20(5-6-21)10-7-9(19-16)17-11(18-10)12(13,14)15/h7-8,21H,3-6,16H2,1-2H3,(H,17,18,19). The van der Waals surface area contributed by atoms with Gasteiger partial charge in [-0.2, -0.15) is 13.2 Å². The molecule has 0 unspecified atom stereocenters. The largest absolute Gasteiger partial charge is 0.451 e. The molecule has 0 bridgehead atoms. The Balaban J connectivity index is 3.29. The van der Waals surface area contributed by atoms with Gasteiger partial charge in [0.1, 0.15) is 11.6 Å². The van der Waals surface area contributed by atoms with E-state index in [0.717, 1.165) is 0 Å². The fraction of sp³-hybridized carbons (Fsp3) is 0.667. The molecule has 0 spiro atoms. The van der Waals surface area contributed by atoms with Crippen molar-refractivity contribution < 1.29 is 18.3 Å². The summed E-state index contributed by atoms with van der Waals surface area (Å²) in [4.78, 5) is 8.52. The molecule has 1 aromatic heterocycles. The van der Waals surface area contributed by atoms with Crippen LogP contribution in [0.3, 0.4) is 0 Å². The molecule has 0 atom stereocenters. The summed E-state index contributed by atoms with van der Waals surface area (Å²) < 4.78 is 38.5. The maximum Gasteiger partial charge on any atom is 0.451 e. The van der Waals surface area contributed by atoms with E-state index in [2.05, 4.69) is 15.4 Å². The number of nitrogens with zero attached hydrogens (tertiary/aromatic N) is 3. The molecule has 1 aromatic rings. The Hall–Kier alpha value is -1.61. The minimum Gasteiger partial charge on any atom is -0.395 e. The fourth-order valence-corrected chi connectivity index (χ4v) is 2.10. The Morgan fingerprint density at radius 2 is 1.95 bits per heavy atom. The van der Waals surface area contributed by atoms with Crippen LogP contribution >= 0.6 is 0 Å². The number of anilines is 2. The van der Waals surface area contributed by atoms with Crippen molar-refractivity contribution in [1.29, 1.82) is 0 Å². The molecular weight excluding hydrogens is 287 g/mol. The lowest BCUT2D eigenvalue weighted by atomic mass is 10.1. The van der Waals surface area contributed by atoms with Crippen LogP contribution in [0.4, 0.5) is 24.8 Å². The van der Waals surface area contributed by atoms with Crippen LogP contribution in [0.2, 0.25) is 0 Å². The van der Waals surface area contributed by atoms with E-state index in [0.29, 0.717) is 12.8 Å². The van der Waals surface area contributed by atoms with Gasteiger partial charge in [-0.05, 0) is 12.8 Å². The number of nitrogen functional groups attached to an aromatic ring is 1. The van der Waals surface area contributed by atoms with Crippen LogP contribution in [-0.2, 0) is 6.18 Å². The van der Waals surface area contributed by atoms with Crippen LogP contribution < -0.4 is 16.2 Å². The second kappa shape index (κ2) is 7.41. The number of halogens is 3. The Morgan fingerprint density at radius 3 is 2.38 bits per heavy atom. The molecular formula is C12H20F3N5O. The number of hydrogen-bond acceptors (Lipinski definition) is 6. The number of aromatic nitrogens is 2. The zero-order valence-electron chi connectivity index (χ0n) is 12.0. The minimum atomic E-state index is -4.67. The van der Waals surface area contributed by atoms with Crippen molar-refractivity contribution in [1.82, 2.24) is 9.97 Å². The topological polar surface area (TPSA) is 87.3 Å². The number of hydrazine groups is 1. The van der Waals surface area contributed by atoms with Gasteiger partial charge in [-0.15, -0.1) is 0 Å². The number of hydrogen-bond donors (Lipinski definition) is 3. The van der Waals surface area contributed by atoms with Gasteiger partial charge in [-0.1, -0.05) is 13.8 Å². The van der Waals surface area contributed by atoms with Crippen molar-refractivity contribution >= 4 is 11.6 Å². The minimum absolute atomic E-state index is 0.0289. The van der Waals surface area contributed by atoms with Crippen molar-refractivity contribution in [3.8, 4) is 0 Å². The van der Waals surface area contributed by atoms with Crippen molar-refractivity contribution in [3.05, 3.63) is 11.9 Å². The predicted molar refractivity (Wildman–Crippen MR) is 73.6 cm³/mol. The first-order valence-corrected chi connectivity index (χ1v) is 6.67. The number of rotatable bonds is 7. The number of aliphatic hydroxyl groups excluding tert-OH is 1. The lowest BCUT2D eigenvalue weighted by Crippen LogP contribution is -2.38. The highest BCUT2D eigenvalue weighted by Gasteiger charge is 2.36. The van der Waals surface area contributed by atoms with E-state index >= 15 is 0 Å². The summed E-state index contributed by atoms with van der Waals surface area (Å²) in [6.45, 7) is 3.84. The lowest BCUT2D eigenvalue weighted by Gasteiger charge is -2.31. The van der Waals surface area contributed by atoms with E-state index in [1.54, 1.807) is 4.90 Å². The number of nitrogens with one attached hydrogen (secondary N) is 1. The third-order valence-electron chi connectivity index (χ3n) is 3.13. The maximum absolute atomic E-state index is 12.8. The Morgan fingerprint density at radius 1 is 1.33 bits per heavy atom. The summed E-state index contributed by atoms with van der Waals surface area (Å²) in [5.74, 6) is 3.88. The molecule has 0 aliphatic carbocycles. The molecule has 120 valence electrons. The predicted octanol–water partition coefficient (Wildman–Crippen LogP) is 1.77. The normalized spacial score (nSPS) is 11.8. The van der Waals surface area contributed by atoms with Crippen LogP contribution in [0.25, 0.3) is 0 Å². The molecule has 1 rings (SSSR count). The summed E-state index contributed by atoms with van der Waals surface area (Å²) in [5.41, 5.74) is 2.11. The van der Waals surface area contributed by atoms with Crippen molar-refractivity contribution in [3.63, 3.8) is 0 Å². The molecule has 0 amide bonds. The van der Waals surface area contributed by atoms with Gasteiger partial charge in [-0.3, -0.25) is 0 Å². The van der Waals surface area contributed by atoms with Gasteiger partial charge < -0.3 is 15.4 Å². The van der Waals surface area contributed by atoms with Crippen molar-refractivity contribution in [2.75, 3.05) is 23.5 Å². The first kappa shape index (κ1) is 17.4. The van der Waals surface area contributed by atoms with Crippen LogP contribution in [0.15, 0.2) is 6.07 Å². The highest BCUT2D eigenvalue weighted by atomic mass is 19.4. The van der Waals surface area contributed by atoms with Gasteiger partial charge >= 0.3 is 6.18 Å². The zero-order valence-corrected chi connectivity index (χ0v) is 12.0. The molecule has 6 nitrogen and oxygen atoms in total. The lowest BCUT2D eigenvalue weighted by molar-refractivity contribution is -0.144. The maximum atomic E-state index is 12.8. The second-order valence-corrected chi connectivity index (χ2v) is 4.46. The molecule has 1 heterocycles. The van der Waals surface area contributed by atoms with E-state index in [1.165, 1.54) is 6.07 Å². The summed E-state index contributed by atoms with van der Waals surface area (Å²) in [7, 11) is 0. The Bertz CT molecular complexity index is 451. The number of alkyl halides is 3. The highest BCUT2D eigenvalue weighted by molar-refractivity contribution is 5.50. The molecule has 0 saturated heterocycles. The van der Waals surface area contributed by atoms with Gasteiger partial charge in [0.25, 0.3) is 0 Å². The number of nitrogens with two attached hydrogens (primary N) is 1. The SMILES string of the molecule is CCC(CC)N(CCO)c1cc(NN)nc(C(F)(F)F)n1. The third-order valence-corrected chi connectivity index (χ3v) is 3.13. The van der Waals surface area contributed by atoms with Crippen LogP contribution in [0.1, 0.15) is 32.5 Å². The molecule has 21 heavy (non-hydrogen) atoms. The van der Waals surface area contributed by atoms with Crippen LogP contribution in [0, 0.1) is 0 Å². The third kappa shape index (κ3) is 4.43. The summed E-state index contributed by atoms with van der Waals surface area (Å²) in [6, 6.07) is 1.31. The molecule has 0 saturated carbocycles. The van der Waals surface area contributed by atoms with E-state index in [-0.39, 0.29) is 30.8 Å². The second-order valence-electron chi connectivity index (χ2n) is 4.46. The summed E-state index contributed by atoms with van der Waals surface area (Å²) in [6.07, 6.45) is -3.24. The first-order valence-electron chi connectivity index (χ1n) is 6.67. The van der Waals surface area contributed by atoms with Crippen molar-refractivity contribution in [2.24, 2.45) is 5.84 Å². The van der Waals surface area contributed by atoms with E-state index in [1.807, 2.05) is 13.8 Å². The van der Waals surface area contributed by atoms with E-state index in [4.69, 9.17) is 10.9 Å². The van der Waals surface area contributed by atoms with Crippen LogP contribution in [-0.4, -0.2) is 34.3 Å². The smallest absolute Gasteiger partial charge is 0.395 e. The van der Waals surface area contributed by atoms with Gasteiger partial charge in [0, 0.05) is 18.7 Å². The average Bonchev–Trinajstić information content (AvgIpc) is 2.46. The molecule has 4 N–H and O–H groups in total. The monoisotopic (exact) mass is 307 g/mol. The summed E-state index contributed by atoms with van der Waals surface area (Å²) in [5, 5.41) is 9.15. The molecule has 0 aromatic carbocycles. The number of aliphatic hydroxyl groups is 1. The molecule has 0 radical (unpaired) electrons. The van der Waals surface area contributed by atoms with E-state index in [9.17, 15) is 13.2 Å². The fourth-order valence-electron chi connectivity index (χ4n) is 2.10. The van der Waals surface area contributed by atoms with Crippen LogP contribution in [0.5, 0.6) is 0 Å². The van der Waals surface area contributed by atoms with Crippen molar-refractivity contribution in [2.45, 2.75) is 38.9 Å². The molecule has 0 aliphatic heterocycles. The molecule has 9 heteroatoms. The Kier molecular flexibility index (Phi) is 6.16. The zero-order chi connectivity index (χ0) is 16.0. The first-order chi connectivity index (χ1) is 9.87. The molecule has 0 aliphatic rings. The highest BCUT2D eigenvalue weighted by Crippen LogP contribution is 2.30. The Labute approximate surface area is 121 Å².